The summed E-state index contributed by atoms with van der Waals surface area (Å²) >= 11 is 9.02. The average molecular weight is 475 g/mol. The van der Waals surface area contributed by atoms with Gasteiger partial charge in [-0.1, -0.05) is 47.2 Å². The second-order valence-corrected chi connectivity index (χ2v) is 9.14. The summed E-state index contributed by atoms with van der Waals surface area (Å²) in [6.07, 6.45) is 1.76. The number of benzene rings is 1. The summed E-state index contributed by atoms with van der Waals surface area (Å²) in [7, 11) is 1.54. The van der Waals surface area contributed by atoms with Gasteiger partial charge in [0.05, 0.1) is 22.4 Å². The first-order chi connectivity index (χ1) is 15.0. The van der Waals surface area contributed by atoms with Crippen LogP contribution < -0.4 is 14.9 Å². The van der Waals surface area contributed by atoms with E-state index >= 15 is 0 Å². The zero-order valence-corrected chi connectivity index (χ0v) is 19.2. The molecule has 1 atom stereocenters. The Kier molecular flexibility index (Phi) is 6.52. The van der Waals surface area contributed by atoms with Crippen LogP contribution in [0.4, 0.5) is 0 Å². The highest BCUT2D eigenvalue weighted by atomic mass is 35.5. The van der Waals surface area contributed by atoms with Crippen LogP contribution in [0.5, 0.6) is 0 Å². The first kappa shape index (κ1) is 21.7. The molecule has 0 unspecified atom stereocenters. The molecule has 1 aliphatic rings. The van der Waals surface area contributed by atoms with Gasteiger partial charge in [-0.3, -0.25) is 9.36 Å². The molecule has 4 rings (SSSR count). The number of hydrogen-bond donors (Lipinski definition) is 0. The molecule has 2 aromatic heterocycles. The highest BCUT2D eigenvalue weighted by Crippen LogP contribution is 2.33. The Hall–Kier alpha value is -2.52. The normalized spacial score (nSPS) is 16.2. The molecule has 0 radical (unpaired) electrons. The summed E-state index contributed by atoms with van der Waals surface area (Å²) in [6, 6.07) is 10.5. The Balaban J connectivity index is 1.87. The number of halogens is 1. The quantitative estimate of drug-likeness (QED) is 0.406. The lowest BCUT2D eigenvalue weighted by molar-refractivity contribution is -0.140. The SMILES string of the molecule is COCCOC(=O)C1=C(C)N=c2s/c(=C/c3ccccc3Cl)c(=O)n2[C@H]1c1cccs1. The number of aromatic nitrogens is 1. The van der Waals surface area contributed by atoms with Gasteiger partial charge in [0, 0.05) is 17.0 Å². The topological polar surface area (TPSA) is 69.9 Å². The number of thiophene rings is 1. The van der Waals surface area contributed by atoms with Gasteiger partial charge in [-0.2, -0.15) is 0 Å². The molecule has 0 aliphatic carbocycles. The van der Waals surface area contributed by atoms with E-state index in [2.05, 4.69) is 4.99 Å². The van der Waals surface area contributed by atoms with E-state index in [0.717, 1.165) is 10.4 Å². The third-order valence-corrected chi connectivity index (χ3v) is 7.02. The fraction of sp³-hybridized carbons (Fsp3) is 0.227. The van der Waals surface area contributed by atoms with Crippen LogP contribution in [0.1, 0.15) is 23.4 Å². The largest absolute Gasteiger partial charge is 0.460 e. The van der Waals surface area contributed by atoms with Gasteiger partial charge in [0.2, 0.25) is 0 Å². The van der Waals surface area contributed by atoms with Crippen molar-refractivity contribution in [2.24, 2.45) is 4.99 Å². The fourth-order valence-corrected chi connectivity index (χ4v) is 5.38. The zero-order chi connectivity index (χ0) is 22.0. The summed E-state index contributed by atoms with van der Waals surface area (Å²) in [4.78, 5) is 32.3. The third-order valence-electron chi connectivity index (χ3n) is 4.77. The molecule has 0 bridgehead atoms. The lowest BCUT2D eigenvalue weighted by Crippen LogP contribution is -2.39. The van der Waals surface area contributed by atoms with E-state index in [0.29, 0.717) is 32.2 Å². The van der Waals surface area contributed by atoms with Crippen LogP contribution in [0.15, 0.2) is 62.8 Å². The van der Waals surface area contributed by atoms with Crippen LogP contribution in [-0.4, -0.2) is 30.9 Å². The van der Waals surface area contributed by atoms with Crippen LogP contribution in [0.25, 0.3) is 6.08 Å². The van der Waals surface area contributed by atoms with Crippen molar-refractivity contribution in [2.75, 3.05) is 20.3 Å². The number of carbonyl (C=O) groups excluding carboxylic acids is 1. The Bertz CT molecular complexity index is 1320. The minimum absolute atomic E-state index is 0.125. The molecule has 6 nitrogen and oxygen atoms in total. The van der Waals surface area contributed by atoms with E-state index in [1.54, 1.807) is 23.6 Å². The summed E-state index contributed by atoms with van der Waals surface area (Å²) < 4.78 is 12.4. The van der Waals surface area contributed by atoms with Crippen LogP contribution >= 0.6 is 34.3 Å². The first-order valence-corrected chi connectivity index (χ1v) is 11.5. The summed E-state index contributed by atoms with van der Waals surface area (Å²) in [5.41, 5.74) is 1.41. The number of esters is 1. The molecular weight excluding hydrogens is 456 g/mol. The zero-order valence-electron chi connectivity index (χ0n) is 16.8. The van der Waals surface area contributed by atoms with Gasteiger partial charge in [0.1, 0.15) is 12.6 Å². The molecule has 0 spiro atoms. The second-order valence-electron chi connectivity index (χ2n) is 6.75. The molecule has 9 heteroatoms. The fourth-order valence-electron chi connectivity index (χ4n) is 3.33. The molecular formula is C22H19ClN2O4S2. The maximum Gasteiger partial charge on any atom is 0.338 e. The molecule has 0 N–H and O–H groups in total. The number of thiazole rings is 1. The van der Waals surface area contributed by atoms with Crippen LogP contribution in [0.3, 0.4) is 0 Å². The van der Waals surface area contributed by atoms with Crippen molar-refractivity contribution in [1.29, 1.82) is 0 Å². The predicted molar refractivity (Wildman–Crippen MR) is 122 cm³/mol. The van der Waals surface area contributed by atoms with Crippen molar-refractivity contribution in [3.8, 4) is 0 Å². The maximum atomic E-state index is 13.4. The summed E-state index contributed by atoms with van der Waals surface area (Å²) in [6.45, 7) is 2.18. The second kappa shape index (κ2) is 9.32. The molecule has 3 heterocycles. The predicted octanol–water partition coefficient (Wildman–Crippen LogP) is 3.14. The number of carbonyl (C=O) groups is 1. The Morgan fingerprint density at radius 2 is 2.06 bits per heavy atom. The Morgan fingerprint density at radius 1 is 1.26 bits per heavy atom. The molecule has 160 valence electrons. The van der Waals surface area contributed by atoms with Gasteiger partial charge >= 0.3 is 5.97 Å². The van der Waals surface area contributed by atoms with Crippen LogP contribution in [-0.2, 0) is 14.3 Å². The van der Waals surface area contributed by atoms with Gasteiger partial charge in [0.25, 0.3) is 5.56 Å². The van der Waals surface area contributed by atoms with E-state index in [4.69, 9.17) is 21.1 Å². The molecule has 0 saturated heterocycles. The van der Waals surface area contributed by atoms with Crippen LogP contribution in [0.2, 0.25) is 5.02 Å². The molecule has 0 fully saturated rings. The molecule has 1 aromatic carbocycles. The first-order valence-electron chi connectivity index (χ1n) is 9.48. The monoisotopic (exact) mass is 474 g/mol. The summed E-state index contributed by atoms with van der Waals surface area (Å²) in [5.74, 6) is -0.503. The standard InChI is InChI=1S/C22H19ClN2O4S2/c1-13-18(21(27)29-10-9-28-2)19(16-8-5-11-30-16)25-20(26)17(31-22(25)24-13)12-14-6-3-4-7-15(14)23/h3-8,11-12,19H,9-10H2,1-2H3/b17-12+/t19-/m0/s1. The van der Waals surface area contributed by atoms with Crippen molar-refractivity contribution < 1.29 is 14.3 Å². The number of allylic oxidation sites excluding steroid dienone is 1. The molecule has 1 aliphatic heterocycles. The molecule has 3 aromatic rings. The minimum Gasteiger partial charge on any atom is -0.460 e. The Morgan fingerprint density at radius 3 is 2.77 bits per heavy atom. The van der Waals surface area contributed by atoms with E-state index in [1.807, 2.05) is 35.7 Å². The van der Waals surface area contributed by atoms with E-state index < -0.39 is 12.0 Å². The van der Waals surface area contributed by atoms with Crippen molar-refractivity contribution in [3.63, 3.8) is 0 Å². The van der Waals surface area contributed by atoms with Crippen LogP contribution in [0, 0.1) is 0 Å². The number of fused-ring (bicyclic) bond motifs is 1. The summed E-state index contributed by atoms with van der Waals surface area (Å²) in [5, 5.41) is 2.47. The van der Waals surface area contributed by atoms with Crippen molar-refractivity contribution in [3.05, 3.63) is 88.2 Å². The lowest BCUT2D eigenvalue weighted by Gasteiger charge is -2.23. The molecule has 0 amide bonds. The van der Waals surface area contributed by atoms with Gasteiger partial charge in [-0.05, 0) is 36.1 Å². The van der Waals surface area contributed by atoms with Crippen molar-refractivity contribution in [1.82, 2.24) is 4.57 Å². The maximum absolute atomic E-state index is 13.4. The van der Waals surface area contributed by atoms with Gasteiger partial charge in [-0.25, -0.2) is 9.79 Å². The Labute approximate surface area is 191 Å². The number of methoxy groups -OCH3 is 1. The number of nitrogens with zero attached hydrogens (tertiary/aromatic N) is 2. The highest BCUT2D eigenvalue weighted by molar-refractivity contribution is 7.10. The van der Waals surface area contributed by atoms with Crippen molar-refractivity contribution in [2.45, 2.75) is 13.0 Å². The highest BCUT2D eigenvalue weighted by Gasteiger charge is 2.34. The number of rotatable bonds is 6. The van der Waals surface area contributed by atoms with Gasteiger partial charge < -0.3 is 9.47 Å². The van der Waals surface area contributed by atoms with Gasteiger partial charge in [-0.15, -0.1) is 11.3 Å². The van der Waals surface area contributed by atoms with E-state index in [1.165, 1.54) is 29.8 Å². The lowest BCUT2D eigenvalue weighted by atomic mass is 10.0. The number of ether oxygens (including phenoxy) is 2. The van der Waals surface area contributed by atoms with E-state index in [-0.39, 0.29) is 12.2 Å². The molecule has 0 saturated carbocycles. The smallest absolute Gasteiger partial charge is 0.338 e. The molecule has 31 heavy (non-hydrogen) atoms. The van der Waals surface area contributed by atoms with Crippen molar-refractivity contribution >= 4 is 46.3 Å². The third kappa shape index (κ3) is 4.29. The minimum atomic E-state index is -0.598. The van der Waals surface area contributed by atoms with E-state index in [9.17, 15) is 9.59 Å². The average Bonchev–Trinajstić information content (AvgIpc) is 3.38. The number of hydrogen-bond acceptors (Lipinski definition) is 7. The van der Waals surface area contributed by atoms with Gasteiger partial charge in [0.15, 0.2) is 4.80 Å².